The lowest BCUT2D eigenvalue weighted by Crippen LogP contribution is -2.18. The van der Waals surface area contributed by atoms with Crippen molar-refractivity contribution in [2.45, 2.75) is 5.37 Å². The SMILES string of the molecule is CSC1N=CN=CC1=O. The van der Waals surface area contributed by atoms with Crippen LogP contribution in [0.25, 0.3) is 0 Å². The number of hydrogen-bond acceptors (Lipinski definition) is 4. The zero-order valence-corrected chi connectivity index (χ0v) is 5.76. The number of thioether (sulfide) groups is 1. The maximum Gasteiger partial charge on any atom is 0.208 e. The third kappa shape index (κ3) is 1.38. The molecule has 0 amide bonds. The first-order valence-electron chi connectivity index (χ1n) is 2.46. The normalized spacial score (nSPS) is 25.0. The van der Waals surface area contributed by atoms with Gasteiger partial charge in [0.15, 0.2) is 5.37 Å². The average Bonchev–Trinajstić information content (AvgIpc) is 1.89. The topological polar surface area (TPSA) is 41.8 Å². The molecule has 0 aliphatic carbocycles. The van der Waals surface area contributed by atoms with Crippen molar-refractivity contribution in [2.24, 2.45) is 9.98 Å². The maximum atomic E-state index is 10.7. The van der Waals surface area contributed by atoms with Crippen LogP contribution >= 0.6 is 11.8 Å². The second-order valence-corrected chi connectivity index (χ2v) is 2.45. The van der Waals surface area contributed by atoms with Gasteiger partial charge in [0.05, 0.1) is 6.21 Å². The molecule has 0 aromatic rings. The van der Waals surface area contributed by atoms with Gasteiger partial charge in [0, 0.05) is 0 Å². The highest BCUT2D eigenvalue weighted by atomic mass is 32.2. The summed E-state index contributed by atoms with van der Waals surface area (Å²) in [7, 11) is 0. The Morgan fingerprint density at radius 3 is 3.00 bits per heavy atom. The van der Waals surface area contributed by atoms with Crippen LogP contribution in [-0.4, -0.2) is 30.0 Å². The summed E-state index contributed by atoms with van der Waals surface area (Å²) in [4.78, 5) is 18.1. The van der Waals surface area contributed by atoms with Gasteiger partial charge in [-0.2, -0.15) is 0 Å². The number of nitrogens with zero attached hydrogens (tertiary/aromatic N) is 2. The van der Waals surface area contributed by atoms with Gasteiger partial charge < -0.3 is 0 Å². The van der Waals surface area contributed by atoms with E-state index in [9.17, 15) is 4.79 Å². The predicted molar refractivity (Wildman–Crippen MR) is 39.3 cm³/mol. The zero-order valence-electron chi connectivity index (χ0n) is 4.94. The Bertz CT molecular complexity index is 176. The Labute approximate surface area is 57.3 Å². The molecule has 9 heavy (non-hydrogen) atoms. The van der Waals surface area contributed by atoms with Crippen LogP contribution in [-0.2, 0) is 4.79 Å². The number of rotatable bonds is 1. The fourth-order valence-corrected chi connectivity index (χ4v) is 0.989. The summed E-state index contributed by atoms with van der Waals surface area (Å²) >= 11 is 1.42. The van der Waals surface area contributed by atoms with Gasteiger partial charge in [-0.15, -0.1) is 11.8 Å². The molecular weight excluding hydrogens is 136 g/mol. The van der Waals surface area contributed by atoms with Crippen molar-refractivity contribution in [1.82, 2.24) is 0 Å². The van der Waals surface area contributed by atoms with Crippen LogP contribution in [0.3, 0.4) is 0 Å². The van der Waals surface area contributed by atoms with Crippen molar-refractivity contribution >= 4 is 30.1 Å². The molecule has 0 radical (unpaired) electrons. The van der Waals surface area contributed by atoms with E-state index in [1.807, 2.05) is 6.26 Å². The highest BCUT2D eigenvalue weighted by Crippen LogP contribution is 2.09. The molecule has 1 aliphatic rings. The highest BCUT2D eigenvalue weighted by molar-refractivity contribution is 8.00. The van der Waals surface area contributed by atoms with E-state index in [1.165, 1.54) is 24.3 Å². The van der Waals surface area contributed by atoms with Crippen LogP contribution in [0, 0.1) is 0 Å². The van der Waals surface area contributed by atoms with Crippen LogP contribution in [0.5, 0.6) is 0 Å². The summed E-state index contributed by atoms with van der Waals surface area (Å²) in [5, 5.41) is -0.248. The molecule has 0 N–H and O–H groups in total. The van der Waals surface area contributed by atoms with E-state index in [-0.39, 0.29) is 11.2 Å². The quantitative estimate of drug-likeness (QED) is 0.530. The predicted octanol–water partition coefficient (Wildman–Crippen LogP) is 0.357. The number of carbonyl (C=O) groups excluding carboxylic acids is 1. The molecule has 1 atom stereocenters. The van der Waals surface area contributed by atoms with E-state index >= 15 is 0 Å². The highest BCUT2D eigenvalue weighted by Gasteiger charge is 2.14. The Kier molecular flexibility index (Phi) is 2.00. The second-order valence-electron chi connectivity index (χ2n) is 1.53. The van der Waals surface area contributed by atoms with E-state index in [1.54, 1.807) is 0 Å². The number of aliphatic imine (C=N–C) groups is 2. The van der Waals surface area contributed by atoms with E-state index in [0.29, 0.717) is 0 Å². The molecule has 1 aliphatic heterocycles. The number of Topliss-reactive ketones (excluding diaryl/α,β-unsaturated/α-hetero) is 1. The molecule has 48 valence electrons. The van der Waals surface area contributed by atoms with E-state index in [0.717, 1.165) is 0 Å². The number of ketones is 1. The number of hydrogen-bond donors (Lipinski definition) is 0. The van der Waals surface area contributed by atoms with Gasteiger partial charge in [0.2, 0.25) is 5.78 Å². The molecule has 0 saturated carbocycles. The molecule has 1 heterocycles. The minimum atomic E-state index is -0.248. The molecule has 0 fully saturated rings. The molecule has 0 saturated heterocycles. The summed E-state index contributed by atoms with van der Waals surface area (Å²) in [6, 6.07) is 0. The van der Waals surface area contributed by atoms with Crippen LogP contribution in [0.1, 0.15) is 0 Å². The summed E-state index contributed by atoms with van der Waals surface area (Å²) in [6.07, 6.45) is 4.55. The minimum absolute atomic E-state index is 0.0231. The van der Waals surface area contributed by atoms with Crippen molar-refractivity contribution in [3.63, 3.8) is 0 Å². The lowest BCUT2D eigenvalue weighted by Gasteiger charge is -2.04. The molecule has 3 nitrogen and oxygen atoms in total. The first-order chi connectivity index (χ1) is 4.34. The van der Waals surface area contributed by atoms with Crippen molar-refractivity contribution < 1.29 is 4.79 Å². The van der Waals surface area contributed by atoms with Gasteiger partial charge in [0.25, 0.3) is 0 Å². The van der Waals surface area contributed by atoms with Crippen LogP contribution in [0.4, 0.5) is 0 Å². The molecular formula is C5H6N2OS. The Hall–Kier alpha value is -0.640. The molecule has 1 unspecified atom stereocenters. The average molecular weight is 142 g/mol. The van der Waals surface area contributed by atoms with E-state index in [2.05, 4.69) is 9.98 Å². The fourth-order valence-electron chi connectivity index (χ4n) is 0.520. The maximum absolute atomic E-state index is 10.7. The summed E-state index contributed by atoms with van der Waals surface area (Å²) in [6.45, 7) is 0. The van der Waals surface area contributed by atoms with Crippen molar-refractivity contribution in [3.8, 4) is 0 Å². The van der Waals surface area contributed by atoms with Gasteiger partial charge >= 0.3 is 0 Å². The van der Waals surface area contributed by atoms with Crippen molar-refractivity contribution in [2.75, 3.05) is 6.26 Å². The molecule has 0 spiro atoms. The molecule has 0 bridgehead atoms. The van der Waals surface area contributed by atoms with Crippen LogP contribution in [0.2, 0.25) is 0 Å². The van der Waals surface area contributed by atoms with Gasteiger partial charge in [-0.1, -0.05) is 0 Å². The Morgan fingerprint density at radius 1 is 1.78 bits per heavy atom. The van der Waals surface area contributed by atoms with Gasteiger partial charge in [-0.05, 0) is 6.26 Å². The van der Waals surface area contributed by atoms with Crippen LogP contribution < -0.4 is 0 Å². The third-order valence-electron chi connectivity index (χ3n) is 0.937. The lowest BCUT2D eigenvalue weighted by molar-refractivity contribution is -0.112. The van der Waals surface area contributed by atoms with Gasteiger partial charge in [-0.3, -0.25) is 9.79 Å². The van der Waals surface area contributed by atoms with E-state index < -0.39 is 0 Å². The standard InChI is InChI=1S/C5H6N2OS/c1-9-5-4(8)2-6-3-7-5/h2-3,5H,1H3. The first kappa shape index (κ1) is 6.48. The molecule has 1 rings (SSSR count). The molecule has 4 heteroatoms. The van der Waals surface area contributed by atoms with Crippen molar-refractivity contribution in [1.29, 1.82) is 0 Å². The Balaban J connectivity index is 2.66. The summed E-state index contributed by atoms with van der Waals surface area (Å²) in [5.74, 6) is -0.0231. The van der Waals surface area contributed by atoms with Crippen LogP contribution in [0.15, 0.2) is 9.98 Å². The Morgan fingerprint density at radius 2 is 2.56 bits per heavy atom. The lowest BCUT2D eigenvalue weighted by atomic mass is 10.4. The number of carbonyl (C=O) groups is 1. The van der Waals surface area contributed by atoms with E-state index in [4.69, 9.17) is 0 Å². The van der Waals surface area contributed by atoms with Gasteiger partial charge in [0.1, 0.15) is 6.34 Å². The minimum Gasteiger partial charge on any atom is -0.290 e. The monoisotopic (exact) mass is 142 g/mol. The molecule has 0 aromatic carbocycles. The van der Waals surface area contributed by atoms with Gasteiger partial charge in [-0.25, -0.2) is 4.99 Å². The molecule has 0 aromatic heterocycles. The van der Waals surface area contributed by atoms with Crippen molar-refractivity contribution in [3.05, 3.63) is 0 Å². The second kappa shape index (κ2) is 2.77. The largest absolute Gasteiger partial charge is 0.290 e. The fraction of sp³-hybridized carbons (Fsp3) is 0.400. The zero-order chi connectivity index (χ0) is 6.69. The third-order valence-corrected chi connectivity index (χ3v) is 1.74. The smallest absolute Gasteiger partial charge is 0.208 e. The summed E-state index contributed by atoms with van der Waals surface area (Å²) in [5.41, 5.74) is 0. The first-order valence-corrected chi connectivity index (χ1v) is 3.75. The summed E-state index contributed by atoms with van der Waals surface area (Å²) < 4.78 is 0.